The summed E-state index contributed by atoms with van der Waals surface area (Å²) in [5.74, 6) is 0. The van der Waals surface area contributed by atoms with Crippen LogP contribution in [0.5, 0.6) is 0 Å². The van der Waals surface area contributed by atoms with E-state index in [2.05, 4.69) is 33.0 Å². The molecule has 1 N–H and O–H groups in total. The van der Waals surface area contributed by atoms with Crippen LogP contribution in [-0.4, -0.2) is 24.3 Å². The Balaban J connectivity index is 2.48. The minimum absolute atomic E-state index is 0.0650. The molecule has 1 saturated heterocycles. The number of ether oxygens (including phenoxy) is 1. The van der Waals surface area contributed by atoms with Crippen molar-refractivity contribution in [3.63, 3.8) is 0 Å². The monoisotopic (exact) mass is 157 g/mol. The van der Waals surface area contributed by atoms with Crippen LogP contribution < -0.4 is 5.32 Å². The summed E-state index contributed by atoms with van der Waals surface area (Å²) >= 11 is 0. The predicted molar refractivity (Wildman–Crippen MR) is 46.7 cm³/mol. The summed E-state index contributed by atoms with van der Waals surface area (Å²) in [4.78, 5) is 0. The van der Waals surface area contributed by atoms with Gasteiger partial charge >= 0.3 is 0 Å². The maximum atomic E-state index is 5.77. The first-order chi connectivity index (χ1) is 4.97. The zero-order valence-corrected chi connectivity index (χ0v) is 8.03. The van der Waals surface area contributed by atoms with Gasteiger partial charge in [-0.1, -0.05) is 6.92 Å². The quantitative estimate of drug-likeness (QED) is 0.623. The fourth-order valence-corrected chi connectivity index (χ4v) is 1.11. The Bertz CT molecular complexity index is 132. The highest BCUT2D eigenvalue weighted by molar-refractivity contribution is 4.89. The lowest BCUT2D eigenvalue weighted by Gasteiger charge is -2.42. The van der Waals surface area contributed by atoms with Gasteiger partial charge in [-0.25, -0.2) is 0 Å². The van der Waals surface area contributed by atoms with Crippen LogP contribution in [0.1, 0.15) is 34.1 Å². The summed E-state index contributed by atoms with van der Waals surface area (Å²) in [5, 5.41) is 3.47. The molecule has 0 bridgehead atoms. The molecule has 1 fully saturated rings. The molecule has 1 aliphatic rings. The van der Waals surface area contributed by atoms with Gasteiger partial charge in [0.2, 0.25) is 0 Å². The van der Waals surface area contributed by atoms with E-state index in [1.54, 1.807) is 0 Å². The fraction of sp³-hybridized carbons (Fsp3) is 1.00. The first-order valence-electron chi connectivity index (χ1n) is 4.36. The third-order valence-electron chi connectivity index (χ3n) is 2.47. The van der Waals surface area contributed by atoms with Crippen LogP contribution in [0, 0.1) is 0 Å². The lowest BCUT2D eigenvalue weighted by molar-refractivity contribution is -0.0916. The van der Waals surface area contributed by atoms with Crippen molar-refractivity contribution in [1.82, 2.24) is 5.32 Å². The predicted octanol–water partition coefficient (Wildman–Crippen LogP) is 1.55. The summed E-state index contributed by atoms with van der Waals surface area (Å²) < 4.78 is 5.77. The van der Waals surface area contributed by atoms with Crippen molar-refractivity contribution in [2.24, 2.45) is 0 Å². The molecule has 0 saturated carbocycles. The van der Waals surface area contributed by atoms with Gasteiger partial charge in [0, 0.05) is 12.1 Å². The second kappa shape index (κ2) is 2.76. The van der Waals surface area contributed by atoms with E-state index in [-0.39, 0.29) is 11.1 Å². The first kappa shape index (κ1) is 9.01. The second-order valence-electron chi connectivity index (χ2n) is 4.33. The summed E-state index contributed by atoms with van der Waals surface area (Å²) in [6.07, 6.45) is 1.08. The van der Waals surface area contributed by atoms with Gasteiger partial charge in [0.05, 0.1) is 12.2 Å². The van der Waals surface area contributed by atoms with Crippen LogP contribution in [0.25, 0.3) is 0 Å². The maximum absolute atomic E-state index is 5.77. The average molecular weight is 157 g/mol. The van der Waals surface area contributed by atoms with Crippen molar-refractivity contribution < 1.29 is 4.74 Å². The highest BCUT2D eigenvalue weighted by Gasteiger charge is 2.33. The molecule has 2 nitrogen and oxygen atoms in total. The van der Waals surface area contributed by atoms with Crippen molar-refractivity contribution in [3.8, 4) is 0 Å². The zero-order chi connectivity index (χ0) is 8.54. The Kier molecular flexibility index (Phi) is 2.26. The molecular weight excluding hydrogens is 138 g/mol. The minimum Gasteiger partial charge on any atom is -0.372 e. The second-order valence-corrected chi connectivity index (χ2v) is 4.33. The molecule has 66 valence electrons. The van der Waals surface area contributed by atoms with E-state index in [0.29, 0.717) is 0 Å². The Labute approximate surface area is 69.3 Å². The molecule has 0 spiro atoms. The van der Waals surface area contributed by atoms with Gasteiger partial charge in [-0.15, -0.1) is 0 Å². The van der Waals surface area contributed by atoms with Crippen LogP contribution in [0.15, 0.2) is 0 Å². The van der Waals surface area contributed by atoms with E-state index in [1.165, 1.54) is 0 Å². The van der Waals surface area contributed by atoms with E-state index < -0.39 is 0 Å². The van der Waals surface area contributed by atoms with Crippen LogP contribution in [0.2, 0.25) is 0 Å². The van der Waals surface area contributed by atoms with Crippen molar-refractivity contribution in [1.29, 1.82) is 0 Å². The molecule has 0 aromatic rings. The molecule has 0 amide bonds. The Morgan fingerprint density at radius 3 is 2.36 bits per heavy atom. The standard InChI is InChI=1S/C9H19NO/c1-5-9(4)6-10-8(2,3)7-11-9/h10H,5-7H2,1-4H3. The molecule has 1 rings (SSSR count). The third kappa shape index (κ3) is 2.17. The fourth-order valence-electron chi connectivity index (χ4n) is 1.11. The van der Waals surface area contributed by atoms with E-state index in [4.69, 9.17) is 4.74 Å². The summed E-state index contributed by atoms with van der Waals surface area (Å²) in [6, 6.07) is 0. The summed E-state index contributed by atoms with van der Waals surface area (Å²) in [5.41, 5.74) is 0.226. The van der Waals surface area contributed by atoms with Crippen molar-refractivity contribution in [3.05, 3.63) is 0 Å². The van der Waals surface area contributed by atoms with Crippen molar-refractivity contribution >= 4 is 0 Å². The van der Waals surface area contributed by atoms with Crippen molar-refractivity contribution in [2.45, 2.75) is 45.3 Å². The van der Waals surface area contributed by atoms with Crippen LogP contribution in [0.3, 0.4) is 0 Å². The van der Waals surface area contributed by atoms with Gasteiger partial charge in [0.15, 0.2) is 0 Å². The lowest BCUT2D eigenvalue weighted by Crippen LogP contribution is -2.58. The number of nitrogens with one attached hydrogen (secondary N) is 1. The zero-order valence-electron chi connectivity index (χ0n) is 8.03. The Morgan fingerprint density at radius 1 is 1.36 bits per heavy atom. The maximum Gasteiger partial charge on any atom is 0.0776 e. The largest absolute Gasteiger partial charge is 0.372 e. The molecule has 11 heavy (non-hydrogen) atoms. The highest BCUT2D eigenvalue weighted by Crippen LogP contribution is 2.22. The molecule has 0 aliphatic carbocycles. The number of hydrogen-bond acceptors (Lipinski definition) is 2. The molecule has 1 aliphatic heterocycles. The topological polar surface area (TPSA) is 21.3 Å². The van der Waals surface area contributed by atoms with Gasteiger partial charge in [0.1, 0.15) is 0 Å². The van der Waals surface area contributed by atoms with Gasteiger partial charge in [-0.05, 0) is 27.2 Å². The van der Waals surface area contributed by atoms with Crippen LogP contribution in [0.4, 0.5) is 0 Å². The van der Waals surface area contributed by atoms with Gasteiger partial charge in [-0.3, -0.25) is 0 Å². The SMILES string of the molecule is CCC1(C)CNC(C)(C)CO1. The molecule has 0 radical (unpaired) electrons. The normalized spacial score (nSPS) is 37.1. The number of hydrogen-bond donors (Lipinski definition) is 1. The van der Waals surface area contributed by atoms with Gasteiger partial charge in [-0.2, -0.15) is 0 Å². The molecule has 0 aromatic carbocycles. The smallest absolute Gasteiger partial charge is 0.0776 e. The van der Waals surface area contributed by atoms with Gasteiger partial charge < -0.3 is 10.1 Å². The number of rotatable bonds is 1. The first-order valence-corrected chi connectivity index (χ1v) is 4.36. The van der Waals surface area contributed by atoms with E-state index in [9.17, 15) is 0 Å². The van der Waals surface area contributed by atoms with Crippen LogP contribution in [-0.2, 0) is 4.74 Å². The summed E-state index contributed by atoms with van der Waals surface area (Å²) in [6.45, 7) is 10.5. The Hall–Kier alpha value is -0.0800. The Morgan fingerprint density at radius 2 is 2.00 bits per heavy atom. The van der Waals surface area contributed by atoms with Crippen LogP contribution >= 0.6 is 0 Å². The molecule has 1 heterocycles. The number of morpholine rings is 1. The molecule has 2 heteroatoms. The van der Waals surface area contributed by atoms with Gasteiger partial charge in [0.25, 0.3) is 0 Å². The average Bonchev–Trinajstić information content (AvgIpc) is 1.97. The molecule has 1 atom stereocenters. The van der Waals surface area contributed by atoms with E-state index in [1.807, 2.05) is 0 Å². The highest BCUT2D eigenvalue weighted by atomic mass is 16.5. The molecular formula is C9H19NO. The molecule has 1 unspecified atom stereocenters. The third-order valence-corrected chi connectivity index (χ3v) is 2.47. The minimum atomic E-state index is 0.0650. The van der Waals surface area contributed by atoms with E-state index >= 15 is 0 Å². The lowest BCUT2D eigenvalue weighted by atomic mass is 9.96. The molecule has 0 aromatic heterocycles. The van der Waals surface area contributed by atoms with E-state index in [0.717, 1.165) is 19.6 Å². The summed E-state index contributed by atoms with van der Waals surface area (Å²) in [7, 11) is 0. The van der Waals surface area contributed by atoms with Crippen molar-refractivity contribution in [2.75, 3.05) is 13.2 Å².